The minimum absolute atomic E-state index is 0.820. The molecule has 1 aliphatic rings. The number of hydrogen-bond acceptors (Lipinski definition) is 4. The van der Waals surface area contributed by atoms with Crippen LogP contribution >= 0.6 is 0 Å². The molecule has 2 heterocycles. The van der Waals surface area contributed by atoms with Gasteiger partial charge in [0.25, 0.3) is 0 Å². The summed E-state index contributed by atoms with van der Waals surface area (Å²) in [6.07, 6.45) is 7.51. The van der Waals surface area contributed by atoms with Gasteiger partial charge in [-0.15, -0.1) is 0 Å². The van der Waals surface area contributed by atoms with Crippen LogP contribution in [0.3, 0.4) is 0 Å². The van der Waals surface area contributed by atoms with E-state index in [0.717, 1.165) is 42.9 Å². The monoisotopic (exact) mass is 276 g/mol. The van der Waals surface area contributed by atoms with Gasteiger partial charge in [0, 0.05) is 13.1 Å². The van der Waals surface area contributed by atoms with E-state index in [1.807, 2.05) is 12.4 Å². The van der Waals surface area contributed by atoms with Gasteiger partial charge in [0.05, 0.1) is 18.1 Å². The maximum Gasteiger partial charge on any atom is 0.144 e. The van der Waals surface area contributed by atoms with Gasteiger partial charge >= 0.3 is 0 Å². The topological polar surface area (TPSA) is 41.1 Å². The van der Waals surface area contributed by atoms with E-state index >= 15 is 0 Å². The molecule has 0 unspecified atom stereocenters. The summed E-state index contributed by atoms with van der Waals surface area (Å²) >= 11 is 0. The van der Waals surface area contributed by atoms with Crippen LogP contribution in [0.5, 0.6) is 0 Å². The molecule has 0 atom stereocenters. The Hall–Kier alpha value is -1.16. The van der Waals surface area contributed by atoms with E-state index in [0.29, 0.717) is 0 Å². The quantitative estimate of drug-likeness (QED) is 0.866. The van der Waals surface area contributed by atoms with Crippen LogP contribution in [0.1, 0.15) is 45.7 Å². The second-order valence-corrected chi connectivity index (χ2v) is 6.18. The zero-order valence-electron chi connectivity index (χ0n) is 13.1. The summed E-state index contributed by atoms with van der Waals surface area (Å²) in [6.45, 7) is 11.1. The second kappa shape index (κ2) is 7.58. The number of anilines is 1. The van der Waals surface area contributed by atoms with Gasteiger partial charge in [-0.25, -0.2) is 4.98 Å². The molecule has 0 aliphatic carbocycles. The van der Waals surface area contributed by atoms with Crippen LogP contribution < -0.4 is 5.32 Å². The maximum absolute atomic E-state index is 4.51. The Bertz CT molecular complexity index is 380. The Labute approximate surface area is 123 Å². The number of hydrogen-bond donors (Lipinski definition) is 1. The zero-order valence-corrected chi connectivity index (χ0v) is 13.1. The van der Waals surface area contributed by atoms with Crippen LogP contribution in [0.15, 0.2) is 12.4 Å². The van der Waals surface area contributed by atoms with Crippen molar-refractivity contribution in [2.24, 2.45) is 11.8 Å². The van der Waals surface area contributed by atoms with Crippen LogP contribution in [0.4, 0.5) is 5.82 Å². The molecule has 1 aromatic heterocycles. The Morgan fingerprint density at radius 1 is 1.25 bits per heavy atom. The fourth-order valence-corrected chi connectivity index (χ4v) is 2.79. The number of piperidine rings is 1. The van der Waals surface area contributed by atoms with Crippen molar-refractivity contribution in [1.29, 1.82) is 0 Å². The van der Waals surface area contributed by atoms with Gasteiger partial charge in [0.2, 0.25) is 0 Å². The highest BCUT2D eigenvalue weighted by Gasteiger charge is 2.21. The van der Waals surface area contributed by atoms with Crippen LogP contribution in [0, 0.1) is 11.8 Å². The first-order valence-corrected chi connectivity index (χ1v) is 7.96. The minimum Gasteiger partial charge on any atom is -0.369 e. The van der Waals surface area contributed by atoms with Gasteiger partial charge in [-0.2, -0.15) is 0 Å². The first-order chi connectivity index (χ1) is 9.69. The lowest BCUT2D eigenvalue weighted by molar-refractivity contribution is 0.150. The van der Waals surface area contributed by atoms with Crippen molar-refractivity contribution in [2.45, 2.75) is 46.6 Å². The van der Waals surface area contributed by atoms with Gasteiger partial charge < -0.3 is 5.32 Å². The number of likely N-dealkylation sites (tertiary alicyclic amines) is 1. The Balaban J connectivity index is 1.79. The zero-order chi connectivity index (χ0) is 14.4. The molecule has 0 spiro atoms. The van der Waals surface area contributed by atoms with Crippen molar-refractivity contribution in [3.05, 3.63) is 18.1 Å². The third-order valence-electron chi connectivity index (χ3n) is 4.22. The lowest BCUT2D eigenvalue weighted by atomic mass is 9.87. The highest BCUT2D eigenvalue weighted by molar-refractivity contribution is 5.30. The molecule has 0 bridgehead atoms. The first-order valence-electron chi connectivity index (χ1n) is 7.96. The van der Waals surface area contributed by atoms with E-state index in [2.05, 4.69) is 41.0 Å². The van der Waals surface area contributed by atoms with E-state index in [1.165, 1.54) is 25.9 Å². The smallest absolute Gasteiger partial charge is 0.144 e. The van der Waals surface area contributed by atoms with Crippen molar-refractivity contribution in [2.75, 3.05) is 25.0 Å². The average molecular weight is 276 g/mol. The lowest BCUT2D eigenvalue weighted by Crippen LogP contribution is -2.35. The summed E-state index contributed by atoms with van der Waals surface area (Å²) < 4.78 is 0. The van der Waals surface area contributed by atoms with Crippen molar-refractivity contribution >= 4 is 5.82 Å². The molecule has 1 saturated heterocycles. The number of nitrogens with one attached hydrogen (secondary N) is 1. The molecule has 1 N–H and O–H groups in total. The summed E-state index contributed by atoms with van der Waals surface area (Å²) in [4.78, 5) is 11.4. The molecular formula is C16H28N4. The summed E-state index contributed by atoms with van der Waals surface area (Å²) in [5.41, 5.74) is 1.08. The second-order valence-electron chi connectivity index (χ2n) is 6.18. The lowest BCUT2D eigenvalue weighted by Gasteiger charge is -2.33. The molecule has 0 aromatic carbocycles. The molecule has 0 radical (unpaired) electrons. The van der Waals surface area contributed by atoms with Gasteiger partial charge in [0.1, 0.15) is 5.82 Å². The number of rotatable bonds is 6. The van der Waals surface area contributed by atoms with Crippen molar-refractivity contribution in [3.8, 4) is 0 Å². The predicted molar refractivity (Wildman–Crippen MR) is 83.7 cm³/mol. The normalized spacial score (nSPS) is 17.6. The Morgan fingerprint density at radius 3 is 2.55 bits per heavy atom. The molecule has 2 rings (SSSR count). The summed E-state index contributed by atoms with van der Waals surface area (Å²) in [5, 5.41) is 3.26. The fraction of sp³-hybridized carbons (Fsp3) is 0.750. The largest absolute Gasteiger partial charge is 0.369 e. The first kappa shape index (κ1) is 15.2. The summed E-state index contributed by atoms with van der Waals surface area (Å²) in [5.74, 6) is 2.60. The van der Waals surface area contributed by atoms with E-state index < -0.39 is 0 Å². The summed E-state index contributed by atoms with van der Waals surface area (Å²) in [6, 6.07) is 0. The molecule has 4 nitrogen and oxygen atoms in total. The van der Waals surface area contributed by atoms with Gasteiger partial charge in [0.15, 0.2) is 0 Å². The van der Waals surface area contributed by atoms with Crippen molar-refractivity contribution in [3.63, 3.8) is 0 Å². The van der Waals surface area contributed by atoms with E-state index in [1.54, 1.807) is 0 Å². The average Bonchev–Trinajstić information content (AvgIpc) is 2.47. The molecule has 1 aromatic rings. The van der Waals surface area contributed by atoms with Crippen LogP contribution in [0.2, 0.25) is 0 Å². The van der Waals surface area contributed by atoms with E-state index in [-0.39, 0.29) is 0 Å². The van der Waals surface area contributed by atoms with Crippen molar-refractivity contribution in [1.82, 2.24) is 14.9 Å². The van der Waals surface area contributed by atoms with Crippen LogP contribution in [0.25, 0.3) is 0 Å². The number of nitrogens with zero attached hydrogens (tertiary/aromatic N) is 3. The SMILES string of the molecule is CCCNc1cnc(CN2CCC(C(C)C)CC2)cn1. The van der Waals surface area contributed by atoms with Gasteiger partial charge in [-0.1, -0.05) is 20.8 Å². The maximum atomic E-state index is 4.51. The highest BCUT2D eigenvalue weighted by Crippen LogP contribution is 2.24. The minimum atomic E-state index is 0.820. The predicted octanol–water partition coefficient (Wildman–Crippen LogP) is 3.17. The Kier molecular flexibility index (Phi) is 5.77. The Morgan fingerprint density at radius 2 is 2.00 bits per heavy atom. The fourth-order valence-electron chi connectivity index (χ4n) is 2.79. The molecule has 4 heteroatoms. The van der Waals surface area contributed by atoms with Gasteiger partial charge in [-0.05, 0) is 44.2 Å². The molecular weight excluding hydrogens is 248 g/mol. The molecule has 1 aliphatic heterocycles. The van der Waals surface area contributed by atoms with E-state index in [9.17, 15) is 0 Å². The molecule has 1 fully saturated rings. The molecule has 0 saturated carbocycles. The molecule has 112 valence electrons. The van der Waals surface area contributed by atoms with Crippen molar-refractivity contribution < 1.29 is 0 Å². The highest BCUT2D eigenvalue weighted by atomic mass is 15.1. The van der Waals surface area contributed by atoms with E-state index in [4.69, 9.17) is 0 Å². The molecule has 20 heavy (non-hydrogen) atoms. The van der Waals surface area contributed by atoms with Crippen LogP contribution in [-0.4, -0.2) is 34.5 Å². The third kappa shape index (κ3) is 4.44. The summed E-state index contributed by atoms with van der Waals surface area (Å²) in [7, 11) is 0. The number of aromatic nitrogens is 2. The third-order valence-corrected chi connectivity index (χ3v) is 4.22. The van der Waals surface area contributed by atoms with Crippen LogP contribution in [-0.2, 0) is 6.54 Å². The van der Waals surface area contributed by atoms with Gasteiger partial charge in [-0.3, -0.25) is 9.88 Å². The standard InChI is InChI=1S/C16H28N4/c1-4-7-17-16-11-18-15(10-19-16)12-20-8-5-14(6-9-20)13(2)3/h10-11,13-14H,4-9,12H2,1-3H3,(H,17,19). The molecule has 0 amide bonds.